The summed E-state index contributed by atoms with van der Waals surface area (Å²) in [5, 5.41) is 2.96. The van der Waals surface area contributed by atoms with Crippen molar-refractivity contribution < 1.29 is 9.21 Å². The van der Waals surface area contributed by atoms with Crippen LogP contribution in [0.4, 0.5) is 5.82 Å². The summed E-state index contributed by atoms with van der Waals surface area (Å²) in [6, 6.07) is 21.7. The van der Waals surface area contributed by atoms with Gasteiger partial charge in [0.1, 0.15) is 11.6 Å². The molecular formula is C27H27N5O2. The van der Waals surface area contributed by atoms with Crippen LogP contribution in [0.3, 0.4) is 0 Å². The van der Waals surface area contributed by atoms with Crippen LogP contribution in [-0.2, 0) is 4.79 Å². The Morgan fingerprint density at radius 2 is 1.79 bits per heavy atom. The molecule has 0 atom stereocenters. The van der Waals surface area contributed by atoms with E-state index in [1.54, 1.807) is 12.3 Å². The molecule has 0 saturated carbocycles. The van der Waals surface area contributed by atoms with E-state index in [1.807, 2.05) is 43.3 Å². The number of carbonyl (C=O) groups excluding carboxylic acids is 1. The number of benzene rings is 1. The lowest BCUT2D eigenvalue weighted by atomic mass is 9.89. The fraction of sp³-hybridized carbons (Fsp3) is 0.259. The third kappa shape index (κ3) is 5.21. The van der Waals surface area contributed by atoms with Crippen LogP contribution >= 0.6 is 0 Å². The van der Waals surface area contributed by atoms with Crippen LogP contribution in [0.15, 0.2) is 77.3 Å². The fourth-order valence-electron chi connectivity index (χ4n) is 4.36. The zero-order chi connectivity index (χ0) is 23.3. The Morgan fingerprint density at radius 1 is 1.00 bits per heavy atom. The van der Waals surface area contributed by atoms with Crippen molar-refractivity contribution in [3.8, 4) is 23.0 Å². The summed E-state index contributed by atoms with van der Waals surface area (Å²) in [4.78, 5) is 28.6. The smallest absolute Gasteiger partial charge is 0.239 e. The number of piperidine rings is 1. The minimum Gasteiger partial charge on any atom is -0.458 e. The highest BCUT2D eigenvalue weighted by molar-refractivity contribution is 5.92. The molecular weight excluding hydrogens is 426 g/mol. The first-order chi connectivity index (χ1) is 16.6. The molecule has 0 aliphatic carbocycles. The highest BCUT2D eigenvalue weighted by Gasteiger charge is 2.22. The summed E-state index contributed by atoms with van der Waals surface area (Å²) in [7, 11) is 0. The number of nitrogens with zero attached hydrogens (tertiary/aromatic N) is 4. The Bertz CT molecular complexity index is 1250. The predicted octanol–water partition coefficient (Wildman–Crippen LogP) is 4.93. The second-order valence-electron chi connectivity index (χ2n) is 8.60. The van der Waals surface area contributed by atoms with Crippen molar-refractivity contribution in [1.29, 1.82) is 0 Å². The maximum absolute atomic E-state index is 12.9. The van der Waals surface area contributed by atoms with Gasteiger partial charge in [-0.3, -0.25) is 14.7 Å². The second-order valence-corrected chi connectivity index (χ2v) is 8.60. The van der Waals surface area contributed by atoms with E-state index < -0.39 is 0 Å². The molecule has 172 valence electrons. The van der Waals surface area contributed by atoms with E-state index in [9.17, 15) is 4.79 Å². The number of hydrogen-bond acceptors (Lipinski definition) is 6. The van der Waals surface area contributed by atoms with Crippen molar-refractivity contribution in [2.24, 2.45) is 0 Å². The fourth-order valence-corrected chi connectivity index (χ4v) is 4.36. The van der Waals surface area contributed by atoms with Crippen LogP contribution < -0.4 is 5.32 Å². The molecule has 0 spiro atoms. The predicted molar refractivity (Wildman–Crippen MR) is 131 cm³/mol. The Hall–Kier alpha value is -3.84. The molecule has 7 heteroatoms. The number of nitrogens with one attached hydrogen (secondary N) is 1. The SMILES string of the molecule is Cc1ccc(-c2nc(NC(=O)CN3CCC(c4ccccc4)CC3)cc(-c3ccccn3)n2)o1. The lowest BCUT2D eigenvalue weighted by Gasteiger charge is -2.31. The first-order valence-electron chi connectivity index (χ1n) is 11.6. The van der Waals surface area contributed by atoms with Crippen molar-refractivity contribution in [3.63, 3.8) is 0 Å². The summed E-state index contributed by atoms with van der Waals surface area (Å²) >= 11 is 0. The topological polar surface area (TPSA) is 84.2 Å². The third-order valence-electron chi connectivity index (χ3n) is 6.11. The van der Waals surface area contributed by atoms with Crippen molar-refractivity contribution >= 4 is 11.7 Å². The maximum Gasteiger partial charge on any atom is 0.239 e. The molecule has 5 rings (SSSR count). The van der Waals surface area contributed by atoms with Gasteiger partial charge < -0.3 is 9.73 Å². The molecule has 1 saturated heterocycles. The number of carbonyl (C=O) groups is 1. The van der Waals surface area contributed by atoms with Gasteiger partial charge in [-0.1, -0.05) is 36.4 Å². The van der Waals surface area contributed by atoms with Crippen LogP contribution in [-0.4, -0.2) is 45.4 Å². The minimum absolute atomic E-state index is 0.0922. The lowest BCUT2D eigenvalue weighted by molar-refractivity contribution is -0.117. The highest BCUT2D eigenvalue weighted by atomic mass is 16.3. The molecule has 3 aromatic heterocycles. The third-order valence-corrected chi connectivity index (χ3v) is 6.11. The Kier molecular flexibility index (Phi) is 6.44. The molecule has 0 radical (unpaired) electrons. The Balaban J connectivity index is 1.28. The molecule has 1 N–H and O–H groups in total. The Labute approximate surface area is 198 Å². The summed E-state index contributed by atoms with van der Waals surface area (Å²) in [6.07, 6.45) is 3.82. The number of furan rings is 1. The van der Waals surface area contributed by atoms with E-state index >= 15 is 0 Å². The second kappa shape index (κ2) is 9.97. The molecule has 4 aromatic rings. The standard InChI is InChI=1S/C27H27N5O2/c1-19-10-11-24(34-19)27-29-23(22-9-5-6-14-28-22)17-25(31-27)30-26(33)18-32-15-12-21(13-16-32)20-7-3-2-4-8-20/h2-11,14,17,21H,12-13,15-16,18H2,1H3,(H,29,30,31,33). The average Bonchev–Trinajstić information content (AvgIpc) is 3.32. The largest absolute Gasteiger partial charge is 0.458 e. The Morgan fingerprint density at radius 3 is 2.50 bits per heavy atom. The van der Waals surface area contributed by atoms with E-state index in [0.29, 0.717) is 41.3 Å². The highest BCUT2D eigenvalue weighted by Crippen LogP contribution is 2.28. The summed E-state index contributed by atoms with van der Waals surface area (Å²) in [6.45, 7) is 4.00. The van der Waals surface area contributed by atoms with Gasteiger partial charge in [-0.05, 0) is 68.6 Å². The first-order valence-corrected chi connectivity index (χ1v) is 11.6. The van der Waals surface area contributed by atoms with Gasteiger partial charge >= 0.3 is 0 Å². The van der Waals surface area contributed by atoms with Crippen molar-refractivity contribution in [2.75, 3.05) is 25.0 Å². The number of anilines is 1. The van der Waals surface area contributed by atoms with E-state index in [4.69, 9.17) is 4.42 Å². The maximum atomic E-state index is 12.9. The van der Waals surface area contributed by atoms with Crippen LogP contribution in [0.1, 0.15) is 30.1 Å². The molecule has 1 aliphatic heterocycles. The molecule has 0 unspecified atom stereocenters. The normalized spacial score (nSPS) is 14.7. The van der Waals surface area contributed by atoms with E-state index in [0.717, 1.165) is 31.7 Å². The van der Waals surface area contributed by atoms with Crippen molar-refractivity contribution in [3.05, 3.63) is 84.3 Å². The van der Waals surface area contributed by atoms with Gasteiger partial charge in [-0.2, -0.15) is 0 Å². The zero-order valence-electron chi connectivity index (χ0n) is 19.1. The van der Waals surface area contributed by atoms with Gasteiger partial charge in [-0.15, -0.1) is 0 Å². The quantitative estimate of drug-likeness (QED) is 0.446. The van der Waals surface area contributed by atoms with Gasteiger partial charge in [0, 0.05) is 12.3 Å². The number of hydrogen-bond donors (Lipinski definition) is 1. The van der Waals surface area contributed by atoms with Gasteiger partial charge in [0.25, 0.3) is 0 Å². The van der Waals surface area contributed by atoms with Crippen molar-refractivity contribution in [2.45, 2.75) is 25.7 Å². The molecule has 1 amide bonds. The van der Waals surface area contributed by atoms with E-state index in [-0.39, 0.29) is 5.91 Å². The zero-order valence-corrected chi connectivity index (χ0v) is 19.1. The lowest BCUT2D eigenvalue weighted by Crippen LogP contribution is -2.38. The van der Waals surface area contributed by atoms with Crippen molar-refractivity contribution in [1.82, 2.24) is 19.9 Å². The van der Waals surface area contributed by atoms with E-state index in [2.05, 4.69) is 49.4 Å². The number of rotatable bonds is 6. The van der Waals surface area contributed by atoms with Crippen LogP contribution in [0.25, 0.3) is 23.0 Å². The molecule has 0 bridgehead atoms. The van der Waals surface area contributed by atoms with Gasteiger partial charge in [0.2, 0.25) is 5.91 Å². The summed E-state index contributed by atoms with van der Waals surface area (Å²) in [5.41, 5.74) is 2.71. The number of aromatic nitrogens is 3. The van der Waals surface area contributed by atoms with Gasteiger partial charge in [0.15, 0.2) is 11.6 Å². The number of aryl methyl sites for hydroxylation is 1. The van der Waals surface area contributed by atoms with Crippen LogP contribution in [0.5, 0.6) is 0 Å². The molecule has 1 aliphatic rings. The number of amides is 1. The summed E-state index contributed by atoms with van der Waals surface area (Å²) in [5.74, 6) is 2.63. The summed E-state index contributed by atoms with van der Waals surface area (Å²) < 4.78 is 5.72. The van der Waals surface area contributed by atoms with Gasteiger partial charge in [0.05, 0.1) is 17.9 Å². The van der Waals surface area contributed by atoms with Gasteiger partial charge in [-0.25, -0.2) is 9.97 Å². The average molecular weight is 454 g/mol. The molecule has 1 fully saturated rings. The molecule has 1 aromatic carbocycles. The van der Waals surface area contributed by atoms with Crippen LogP contribution in [0.2, 0.25) is 0 Å². The first kappa shape index (κ1) is 22.0. The number of likely N-dealkylation sites (tertiary alicyclic amines) is 1. The molecule has 34 heavy (non-hydrogen) atoms. The monoisotopic (exact) mass is 453 g/mol. The minimum atomic E-state index is -0.0922. The number of pyridine rings is 1. The molecule has 7 nitrogen and oxygen atoms in total. The van der Waals surface area contributed by atoms with Crippen LogP contribution in [0, 0.1) is 6.92 Å². The molecule has 4 heterocycles. The van der Waals surface area contributed by atoms with E-state index in [1.165, 1.54) is 5.56 Å².